The molecule has 0 radical (unpaired) electrons. The molecular formula is C89H79BN2O. The van der Waals surface area contributed by atoms with Crippen LogP contribution >= 0.6 is 0 Å². The number of benzene rings is 12. The molecule has 0 bridgehead atoms. The van der Waals surface area contributed by atoms with Gasteiger partial charge in [-0.05, 0) is 177 Å². The second kappa shape index (κ2) is 21.1. The van der Waals surface area contributed by atoms with E-state index in [1.54, 1.807) is 12.1 Å². The van der Waals surface area contributed by atoms with Gasteiger partial charge in [-0.15, -0.1) is 0 Å². The molecule has 1 aromatic heterocycles. The van der Waals surface area contributed by atoms with Crippen molar-refractivity contribution in [3.05, 3.63) is 305 Å². The van der Waals surface area contributed by atoms with E-state index in [4.69, 9.17) is 7.48 Å². The van der Waals surface area contributed by atoms with E-state index in [1.165, 1.54) is 21.9 Å². The molecule has 3 heterocycles. The highest BCUT2D eigenvalue weighted by atomic mass is 16.5. The third kappa shape index (κ3) is 9.22. The third-order valence-electron chi connectivity index (χ3n) is 19.9. The molecule has 0 fully saturated rings. The number of ether oxygens (including phenoxy) is 1. The second-order valence-electron chi connectivity index (χ2n) is 29.7. The van der Waals surface area contributed by atoms with Crippen LogP contribution in [0.25, 0.3) is 72.0 Å². The minimum atomic E-state index is -2.11. The van der Waals surface area contributed by atoms with Crippen molar-refractivity contribution in [1.82, 2.24) is 4.57 Å². The summed E-state index contributed by atoms with van der Waals surface area (Å²) in [7, 11) is 0. The van der Waals surface area contributed by atoms with Gasteiger partial charge in [-0.2, -0.15) is 0 Å². The van der Waals surface area contributed by atoms with Crippen LogP contribution in [0.5, 0.6) is 11.5 Å². The molecule has 13 aromatic rings. The van der Waals surface area contributed by atoms with Crippen LogP contribution in [0.2, 0.25) is 0 Å². The fourth-order valence-corrected chi connectivity index (χ4v) is 15.0. The van der Waals surface area contributed by atoms with Crippen molar-refractivity contribution >= 4 is 62.0 Å². The lowest BCUT2D eigenvalue weighted by atomic mass is 9.34. The summed E-state index contributed by atoms with van der Waals surface area (Å²) in [6.45, 7) is 26.6. The standard InChI is InChI=1S/C89H79BN2O/c1-85(2,3)61-41-46-76-71(49-61)72-50-62(86(4,5)6)42-47-77(72)91(76)65-43-45-75-80(55-65)93-81-54-64(88(10,11)12)53-79-83(81)90(75)74-44-40-58(48-78(74)92(79)84-69(56-28-17-13-18-29-56)51-63(87(7,8)9)52-70(84)57-30-19-14-20-31-57)66-37-27-38-68-67-36-25-26-39-73(67)89(82(66)68,59-32-21-15-22-33-59)60-34-23-16-24-35-60/h13-55H,1-12H3/i15D,16D,21D,22D,23D,24D,32D,33D,34D,35D. The Labute approximate surface area is 564 Å². The van der Waals surface area contributed by atoms with Crippen LogP contribution in [0.1, 0.15) is 141 Å². The molecule has 93 heavy (non-hydrogen) atoms. The Morgan fingerprint density at radius 3 is 1.47 bits per heavy atom. The summed E-state index contributed by atoms with van der Waals surface area (Å²) in [5.41, 5.74) is 17.3. The van der Waals surface area contributed by atoms with Gasteiger partial charge in [-0.25, -0.2) is 0 Å². The summed E-state index contributed by atoms with van der Waals surface area (Å²) >= 11 is 0. The first-order valence-electron chi connectivity index (χ1n) is 37.5. The van der Waals surface area contributed by atoms with Crippen LogP contribution in [-0.4, -0.2) is 11.3 Å². The smallest absolute Gasteiger partial charge is 0.256 e. The monoisotopic (exact) mass is 1210 g/mol. The van der Waals surface area contributed by atoms with Crippen molar-refractivity contribution in [3.8, 4) is 61.7 Å². The van der Waals surface area contributed by atoms with E-state index < -0.39 is 78.0 Å². The molecule has 0 unspecified atom stereocenters. The highest BCUT2D eigenvalue weighted by molar-refractivity contribution is 6.99. The molecule has 1 aliphatic carbocycles. The molecule has 0 spiro atoms. The average molecular weight is 1210 g/mol. The van der Waals surface area contributed by atoms with Crippen LogP contribution in [0.4, 0.5) is 17.1 Å². The lowest BCUT2D eigenvalue weighted by molar-refractivity contribution is 0.483. The van der Waals surface area contributed by atoms with Crippen molar-refractivity contribution in [3.63, 3.8) is 0 Å². The van der Waals surface area contributed by atoms with E-state index in [1.807, 2.05) is 42.5 Å². The van der Waals surface area contributed by atoms with Crippen molar-refractivity contribution in [1.29, 1.82) is 0 Å². The molecular weight excluding hydrogens is 1120 g/mol. The summed E-state index contributed by atoms with van der Waals surface area (Å²) in [6, 6.07) is 64.7. The molecule has 0 saturated carbocycles. The predicted octanol–water partition coefficient (Wildman–Crippen LogP) is 21.7. The maximum Gasteiger partial charge on any atom is 0.256 e. The lowest BCUT2D eigenvalue weighted by Crippen LogP contribution is -2.59. The molecule has 0 amide bonds. The normalized spacial score (nSPS) is 15.4. The number of hydrogen-bond acceptors (Lipinski definition) is 2. The fourth-order valence-electron chi connectivity index (χ4n) is 15.0. The van der Waals surface area contributed by atoms with Gasteiger partial charge in [0.05, 0.1) is 35.8 Å². The van der Waals surface area contributed by atoms with E-state index in [9.17, 15) is 11.0 Å². The van der Waals surface area contributed by atoms with Crippen LogP contribution in [0, 0.1) is 0 Å². The number of rotatable bonds is 7. The maximum absolute atomic E-state index is 10.00. The van der Waals surface area contributed by atoms with Crippen molar-refractivity contribution in [2.24, 2.45) is 0 Å². The van der Waals surface area contributed by atoms with Gasteiger partial charge < -0.3 is 14.2 Å². The van der Waals surface area contributed by atoms with Gasteiger partial charge in [0.2, 0.25) is 0 Å². The summed E-state index contributed by atoms with van der Waals surface area (Å²) in [6.07, 6.45) is 0. The van der Waals surface area contributed by atoms with E-state index in [0.29, 0.717) is 39.1 Å². The summed E-state index contributed by atoms with van der Waals surface area (Å²) in [4.78, 5) is 2.44. The van der Waals surface area contributed by atoms with Gasteiger partial charge >= 0.3 is 0 Å². The molecule has 16 rings (SSSR count). The van der Waals surface area contributed by atoms with Crippen LogP contribution in [-0.2, 0) is 27.1 Å². The number of aromatic nitrogens is 1. The van der Waals surface area contributed by atoms with Crippen LogP contribution < -0.4 is 26.0 Å². The third-order valence-corrected chi connectivity index (χ3v) is 19.9. The van der Waals surface area contributed by atoms with Crippen LogP contribution in [0.3, 0.4) is 0 Å². The quantitative estimate of drug-likeness (QED) is 0.148. The maximum atomic E-state index is 10.00. The van der Waals surface area contributed by atoms with Crippen molar-refractivity contribution in [2.75, 3.05) is 4.90 Å². The minimum Gasteiger partial charge on any atom is -0.458 e. The Bertz CT molecular complexity index is 5530. The molecule has 3 aliphatic rings. The van der Waals surface area contributed by atoms with E-state index in [2.05, 4.69) is 238 Å². The van der Waals surface area contributed by atoms with Crippen LogP contribution in [0.15, 0.2) is 261 Å². The first-order valence-corrected chi connectivity index (χ1v) is 32.5. The lowest BCUT2D eigenvalue weighted by Gasteiger charge is -2.43. The topological polar surface area (TPSA) is 17.4 Å². The van der Waals surface area contributed by atoms with E-state index in [0.717, 1.165) is 89.3 Å². The number of anilines is 3. The van der Waals surface area contributed by atoms with E-state index >= 15 is 0 Å². The first kappa shape index (κ1) is 47.9. The molecule has 4 heteroatoms. The molecule has 0 atom stereocenters. The van der Waals surface area contributed by atoms with Crippen molar-refractivity contribution < 1.29 is 18.4 Å². The Hall–Kier alpha value is -9.90. The molecule has 2 aliphatic heterocycles. The summed E-state index contributed by atoms with van der Waals surface area (Å²) in [5.74, 6) is 1.45. The highest BCUT2D eigenvalue weighted by Gasteiger charge is 2.49. The largest absolute Gasteiger partial charge is 0.458 e. The van der Waals surface area contributed by atoms with Gasteiger partial charge in [0.25, 0.3) is 6.71 Å². The number of nitrogens with zero attached hydrogens (tertiary/aromatic N) is 2. The molecule has 0 saturated heterocycles. The van der Waals surface area contributed by atoms with Gasteiger partial charge in [-0.3, -0.25) is 0 Å². The van der Waals surface area contributed by atoms with E-state index in [-0.39, 0.29) is 27.4 Å². The molecule has 12 aromatic carbocycles. The summed E-state index contributed by atoms with van der Waals surface area (Å²) < 4.78 is 105. The van der Waals surface area contributed by atoms with Gasteiger partial charge in [0, 0.05) is 45.0 Å². The Morgan fingerprint density at radius 1 is 0.387 bits per heavy atom. The predicted molar refractivity (Wildman–Crippen MR) is 395 cm³/mol. The molecule has 0 N–H and O–H groups in total. The van der Waals surface area contributed by atoms with Crippen molar-refractivity contribution in [2.45, 2.75) is 110 Å². The first-order chi connectivity index (χ1) is 48.8. The average Bonchev–Trinajstić information content (AvgIpc) is 1.59. The zero-order valence-electron chi connectivity index (χ0n) is 64.9. The Balaban J connectivity index is 1.04. The summed E-state index contributed by atoms with van der Waals surface area (Å²) in [5, 5.41) is 2.36. The SMILES string of the molecule is [2H]c1c([2H])c([2H])c(C2(c3c([2H])c([2H])c([2H])c([2H])c3[2H])c3ccccc3-c3cccc(-c4ccc5c(c4)N(c4c(-c6ccccc6)cc(C(C)(C)C)cc4-c4ccccc4)c4cc(C(C)(C)C)cc6c4B5c4ccc(-n5c7ccc(C(C)(C)C)cc7c7cc(C(C)(C)C)ccc75)cc4O6)c32)c([2H])c1[2H]. The number of hydrogen-bond donors (Lipinski definition) is 0. The zero-order valence-corrected chi connectivity index (χ0v) is 54.9. The zero-order chi connectivity index (χ0) is 72.8. The fraction of sp³-hybridized carbons (Fsp3) is 0.191. The Kier molecular flexibility index (Phi) is 10.9. The number of fused-ring (bicyclic) bond motifs is 10. The molecule has 454 valence electrons. The van der Waals surface area contributed by atoms with Gasteiger partial charge in [-0.1, -0.05) is 277 Å². The minimum absolute atomic E-state index is 0.0866. The molecule has 3 nitrogen and oxygen atoms in total. The van der Waals surface area contributed by atoms with Gasteiger partial charge in [0.15, 0.2) is 0 Å². The second-order valence-corrected chi connectivity index (χ2v) is 29.7. The highest BCUT2D eigenvalue weighted by Crippen LogP contribution is 2.60. The Morgan fingerprint density at radius 2 is 0.903 bits per heavy atom. The van der Waals surface area contributed by atoms with Gasteiger partial charge in [0.1, 0.15) is 11.5 Å².